The van der Waals surface area contributed by atoms with Crippen molar-refractivity contribution in [2.45, 2.75) is 155 Å². The van der Waals surface area contributed by atoms with Crippen LogP contribution >= 0.6 is 0 Å². The second-order valence-electron chi connectivity index (χ2n) is 10.9. The van der Waals surface area contributed by atoms with Crippen LogP contribution in [0.3, 0.4) is 0 Å². The quantitative estimate of drug-likeness (QED) is 0.0812. The third kappa shape index (κ3) is 22.6. The number of ether oxygens (including phenoxy) is 3. The van der Waals surface area contributed by atoms with E-state index in [9.17, 15) is 9.59 Å². The van der Waals surface area contributed by atoms with E-state index in [1.54, 1.807) is 0 Å². The van der Waals surface area contributed by atoms with Gasteiger partial charge in [-0.3, -0.25) is 9.59 Å². The standard InChI is InChI=1S/C34H58O5/c1-3-5-7-9-11-13-15-17-22-26-33(35)38-29-32(37-28-31-24-20-19-21-25-31)30-39-34(36)27-23-18-16-14-12-10-8-6-4-2/h19-21,24-25,32H,3-18,22-23,26-30H2,1-2H3. The second-order valence-corrected chi connectivity index (χ2v) is 10.9. The van der Waals surface area contributed by atoms with Crippen molar-refractivity contribution in [3.8, 4) is 0 Å². The van der Waals surface area contributed by atoms with Crippen LogP contribution in [0.2, 0.25) is 0 Å². The number of carbonyl (C=O) groups is 2. The normalized spacial score (nSPS) is 11.2. The van der Waals surface area contributed by atoms with E-state index in [1.165, 1.54) is 89.9 Å². The molecule has 1 aromatic carbocycles. The summed E-state index contributed by atoms with van der Waals surface area (Å²) in [6.07, 6.45) is 22.2. The predicted octanol–water partition coefficient (Wildman–Crippen LogP) is 9.50. The SMILES string of the molecule is CCCCCCCCCCCC(=O)OCC(COC(=O)CCCCCCCCCCC)OCc1ccccc1. The van der Waals surface area contributed by atoms with Crippen molar-refractivity contribution in [3.05, 3.63) is 35.9 Å². The Kier molecular flexibility index (Phi) is 23.7. The van der Waals surface area contributed by atoms with Crippen LogP contribution in [0, 0.1) is 0 Å². The minimum atomic E-state index is -0.468. The predicted molar refractivity (Wildman–Crippen MR) is 161 cm³/mol. The molecule has 0 heterocycles. The number of hydrogen-bond acceptors (Lipinski definition) is 5. The maximum absolute atomic E-state index is 12.3. The van der Waals surface area contributed by atoms with Gasteiger partial charge < -0.3 is 14.2 Å². The first-order chi connectivity index (χ1) is 19.2. The van der Waals surface area contributed by atoms with Crippen molar-refractivity contribution >= 4 is 11.9 Å². The molecule has 0 aliphatic carbocycles. The van der Waals surface area contributed by atoms with E-state index in [0.717, 1.165) is 31.2 Å². The highest BCUT2D eigenvalue weighted by Gasteiger charge is 2.16. The second kappa shape index (κ2) is 26.3. The summed E-state index contributed by atoms with van der Waals surface area (Å²) in [5.41, 5.74) is 1.03. The van der Waals surface area contributed by atoms with Gasteiger partial charge in [-0.15, -0.1) is 0 Å². The number of hydrogen-bond donors (Lipinski definition) is 0. The van der Waals surface area contributed by atoms with Gasteiger partial charge in [-0.05, 0) is 18.4 Å². The van der Waals surface area contributed by atoms with Crippen molar-refractivity contribution in [3.63, 3.8) is 0 Å². The average Bonchev–Trinajstić information content (AvgIpc) is 2.95. The van der Waals surface area contributed by atoms with Gasteiger partial charge in [0.05, 0.1) is 6.61 Å². The van der Waals surface area contributed by atoms with E-state index in [0.29, 0.717) is 19.4 Å². The summed E-state index contributed by atoms with van der Waals surface area (Å²) >= 11 is 0. The van der Waals surface area contributed by atoms with Gasteiger partial charge in [-0.2, -0.15) is 0 Å². The summed E-state index contributed by atoms with van der Waals surface area (Å²) in [7, 11) is 0. The molecule has 5 nitrogen and oxygen atoms in total. The fourth-order valence-electron chi connectivity index (χ4n) is 4.61. The number of benzene rings is 1. The maximum atomic E-state index is 12.3. The van der Waals surface area contributed by atoms with E-state index in [4.69, 9.17) is 14.2 Å². The van der Waals surface area contributed by atoms with Crippen molar-refractivity contribution in [1.82, 2.24) is 0 Å². The molecule has 0 saturated heterocycles. The molecule has 0 N–H and O–H groups in total. The first-order valence-electron chi connectivity index (χ1n) is 16.1. The molecule has 0 aromatic heterocycles. The molecule has 0 spiro atoms. The van der Waals surface area contributed by atoms with Gasteiger partial charge in [0.15, 0.2) is 0 Å². The molecule has 0 aliphatic heterocycles. The van der Waals surface area contributed by atoms with Gasteiger partial charge >= 0.3 is 11.9 Å². The highest BCUT2D eigenvalue weighted by Crippen LogP contribution is 2.13. The Morgan fingerprint density at radius 3 is 1.36 bits per heavy atom. The monoisotopic (exact) mass is 546 g/mol. The zero-order valence-electron chi connectivity index (χ0n) is 25.3. The third-order valence-electron chi connectivity index (χ3n) is 7.16. The number of unbranched alkanes of at least 4 members (excludes halogenated alkanes) is 16. The highest BCUT2D eigenvalue weighted by molar-refractivity contribution is 5.69. The zero-order chi connectivity index (χ0) is 28.2. The molecule has 1 rings (SSSR count). The lowest BCUT2D eigenvalue weighted by Crippen LogP contribution is -2.28. The minimum Gasteiger partial charge on any atom is -0.463 e. The molecule has 0 fully saturated rings. The van der Waals surface area contributed by atoms with Gasteiger partial charge in [-0.1, -0.05) is 147 Å². The van der Waals surface area contributed by atoms with Gasteiger partial charge in [0, 0.05) is 12.8 Å². The van der Waals surface area contributed by atoms with Gasteiger partial charge in [0.25, 0.3) is 0 Å². The molecular weight excluding hydrogens is 488 g/mol. The Morgan fingerprint density at radius 1 is 0.564 bits per heavy atom. The molecule has 5 heteroatoms. The summed E-state index contributed by atoms with van der Waals surface area (Å²) < 4.78 is 17.0. The third-order valence-corrected chi connectivity index (χ3v) is 7.16. The average molecular weight is 547 g/mol. The largest absolute Gasteiger partial charge is 0.463 e. The van der Waals surface area contributed by atoms with Crippen molar-refractivity contribution in [2.75, 3.05) is 13.2 Å². The maximum Gasteiger partial charge on any atom is 0.305 e. The molecule has 1 aromatic rings. The van der Waals surface area contributed by atoms with Crippen molar-refractivity contribution in [1.29, 1.82) is 0 Å². The highest BCUT2D eigenvalue weighted by atomic mass is 16.6. The van der Waals surface area contributed by atoms with Crippen LogP contribution in [-0.2, 0) is 30.4 Å². The Morgan fingerprint density at radius 2 is 0.949 bits per heavy atom. The molecular formula is C34H58O5. The van der Waals surface area contributed by atoms with Crippen LogP contribution in [0.4, 0.5) is 0 Å². The summed E-state index contributed by atoms with van der Waals surface area (Å²) in [6.45, 7) is 5.07. The fourth-order valence-corrected chi connectivity index (χ4v) is 4.61. The lowest BCUT2D eigenvalue weighted by Gasteiger charge is -2.18. The van der Waals surface area contributed by atoms with E-state index in [-0.39, 0.29) is 25.2 Å². The van der Waals surface area contributed by atoms with Crippen molar-refractivity contribution < 1.29 is 23.8 Å². The van der Waals surface area contributed by atoms with E-state index < -0.39 is 6.10 Å². The molecule has 0 atom stereocenters. The molecule has 0 aliphatic rings. The summed E-state index contributed by atoms with van der Waals surface area (Å²) in [6, 6.07) is 9.86. The van der Waals surface area contributed by atoms with E-state index in [2.05, 4.69) is 13.8 Å². The lowest BCUT2D eigenvalue weighted by atomic mass is 10.1. The van der Waals surface area contributed by atoms with Crippen LogP contribution in [-0.4, -0.2) is 31.3 Å². The first-order valence-corrected chi connectivity index (χ1v) is 16.1. The molecule has 39 heavy (non-hydrogen) atoms. The molecule has 0 saturated carbocycles. The van der Waals surface area contributed by atoms with Crippen LogP contribution in [0.1, 0.15) is 148 Å². The number of rotatable bonds is 27. The van der Waals surface area contributed by atoms with Crippen LogP contribution in [0.15, 0.2) is 30.3 Å². The Bertz CT molecular complexity index is 652. The molecule has 0 radical (unpaired) electrons. The van der Waals surface area contributed by atoms with Crippen molar-refractivity contribution in [2.24, 2.45) is 0 Å². The smallest absolute Gasteiger partial charge is 0.305 e. The summed E-state index contributed by atoms with van der Waals surface area (Å²) in [4.78, 5) is 24.6. The summed E-state index contributed by atoms with van der Waals surface area (Å²) in [5, 5.41) is 0. The Hall–Kier alpha value is -1.88. The van der Waals surface area contributed by atoms with E-state index in [1.807, 2.05) is 30.3 Å². The summed E-state index contributed by atoms with van der Waals surface area (Å²) in [5.74, 6) is -0.403. The van der Waals surface area contributed by atoms with E-state index >= 15 is 0 Å². The van der Waals surface area contributed by atoms with Crippen LogP contribution in [0.5, 0.6) is 0 Å². The zero-order valence-corrected chi connectivity index (χ0v) is 25.3. The van der Waals surface area contributed by atoms with Crippen LogP contribution in [0.25, 0.3) is 0 Å². The molecule has 0 bridgehead atoms. The van der Waals surface area contributed by atoms with Gasteiger partial charge in [0.1, 0.15) is 19.3 Å². The van der Waals surface area contributed by atoms with Crippen LogP contribution < -0.4 is 0 Å². The number of esters is 2. The molecule has 224 valence electrons. The molecule has 0 amide bonds. The van der Waals surface area contributed by atoms with Gasteiger partial charge in [-0.25, -0.2) is 0 Å². The topological polar surface area (TPSA) is 61.8 Å². The minimum absolute atomic E-state index is 0.106. The number of carbonyl (C=O) groups excluding carboxylic acids is 2. The molecule has 0 unspecified atom stereocenters. The first kappa shape index (κ1) is 35.1. The fraction of sp³-hybridized carbons (Fsp3) is 0.765. The Balaban J connectivity index is 2.24. The lowest BCUT2D eigenvalue weighted by molar-refractivity contribution is -0.156. The van der Waals surface area contributed by atoms with Gasteiger partial charge in [0.2, 0.25) is 0 Å². The Labute approximate surface area is 239 Å².